The third-order valence-corrected chi connectivity index (χ3v) is 5.63. The van der Waals surface area contributed by atoms with Crippen LogP contribution in [0.25, 0.3) is 0 Å². The van der Waals surface area contributed by atoms with Gasteiger partial charge in [-0.15, -0.1) is 5.10 Å². The molecule has 0 atom stereocenters. The summed E-state index contributed by atoms with van der Waals surface area (Å²) < 4.78 is 18.2. The quantitative estimate of drug-likeness (QED) is 0.337. The number of nitrogens with one attached hydrogen (secondary N) is 1. The summed E-state index contributed by atoms with van der Waals surface area (Å²) in [7, 11) is 1.59. The van der Waals surface area contributed by atoms with Crippen LogP contribution in [-0.2, 0) is 24.5 Å². The second kappa shape index (κ2) is 11.2. The molecule has 2 aromatic heterocycles. The van der Waals surface area contributed by atoms with E-state index >= 15 is 0 Å². The largest absolute Gasteiger partial charge is 0.493 e. The summed E-state index contributed by atoms with van der Waals surface area (Å²) in [6, 6.07) is 19.2. The van der Waals surface area contributed by atoms with Crippen LogP contribution in [0.3, 0.4) is 0 Å². The van der Waals surface area contributed by atoms with Crippen LogP contribution in [0.2, 0.25) is 0 Å². The van der Waals surface area contributed by atoms with E-state index in [-0.39, 0.29) is 11.7 Å². The Morgan fingerprint density at radius 1 is 1.09 bits per heavy atom. The van der Waals surface area contributed by atoms with Crippen molar-refractivity contribution in [3.8, 4) is 11.5 Å². The molecule has 170 valence electrons. The number of carbonyl (C=O) groups is 1. The van der Waals surface area contributed by atoms with Gasteiger partial charge in [0.25, 0.3) is 0 Å². The summed E-state index contributed by atoms with van der Waals surface area (Å²) in [4.78, 5) is 12.3. The molecule has 0 spiro atoms. The van der Waals surface area contributed by atoms with Gasteiger partial charge in [0.1, 0.15) is 18.9 Å². The maximum Gasteiger partial charge on any atom is 0.230 e. The molecule has 0 aliphatic rings. The first-order chi connectivity index (χ1) is 16.2. The van der Waals surface area contributed by atoms with E-state index in [0.717, 1.165) is 16.9 Å². The Hall–Kier alpha value is -3.79. The number of rotatable bonds is 11. The molecule has 2 aromatic carbocycles. The van der Waals surface area contributed by atoms with Gasteiger partial charge in [0.05, 0.1) is 19.1 Å². The normalized spacial score (nSPS) is 10.7. The second-order valence-corrected chi connectivity index (χ2v) is 7.97. The highest BCUT2D eigenvalue weighted by Crippen LogP contribution is 2.29. The van der Waals surface area contributed by atoms with E-state index in [9.17, 15) is 4.79 Å². The van der Waals surface area contributed by atoms with E-state index in [1.807, 2.05) is 54.6 Å². The van der Waals surface area contributed by atoms with Crippen molar-refractivity contribution in [1.29, 1.82) is 0 Å². The lowest BCUT2D eigenvalue weighted by Crippen LogP contribution is -2.24. The minimum absolute atomic E-state index is 0.129. The van der Waals surface area contributed by atoms with Crippen molar-refractivity contribution < 1.29 is 18.7 Å². The second-order valence-electron chi connectivity index (χ2n) is 7.02. The molecule has 0 saturated carbocycles. The zero-order valence-electron chi connectivity index (χ0n) is 18.0. The smallest absolute Gasteiger partial charge is 0.230 e. The van der Waals surface area contributed by atoms with Crippen LogP contribution in [-0.4, -0.2) is 39.0 Å². The van der Waals surface area contributed by atoms with Gasteiger partial charge in [0.2, 0.25) is 11.1 Å². The number of amides is 1. The van der Waals surface area contributed by atoms with Crippen molar-refractivity contribution in [3.05, 3.63) is 83.8 Å². The highest BCUT2D eigenvalue weighted by Gasteiger charge is 2.12. The Kier molecular flexibility index (Phi) is 7.60. The first-order valence-corrected chi connectivity index (χ1v) is 11.2. The Bertz CT molecular complexity index is 1160. The first-order valence-electron chi connectivity index (χ1n) is 10.2. The number of ether oxygens (including phenoxy) is 2. The molecular weight excluding hydrogens is 442 g/mol. The fourth-order valence-electron chi connectivity index (χ4n) is 3.01. The van der Waals surface area contributed by atoms with E-state index < -0.39 is 0 Å². The summed E-state index contributed by atoms with van der Waals surface area (Å²) in [5.41, 5.74) is 1.98. The van der Waals surface area contributed by atoms with Crippen molar-refractivity contribution >= 4 is 17.7 Å². The van der Waals surface area contributed by atoms with Gasteiger partial charge >= 0.3 is 0 Å². The van der Waals surface area contributed by atoms with Gasteiger partial charge in [-0.2, -0.15) is 0 Å². The van der Waals surface area contributed by atoms with Gasteiger partial charge in [-0.25, -0.2) is 4.68 Å². The third-order valence-electron chi connectivity index (χ3n) is 4.67. The van der Waals surface area contributed by atoms with E-state index in [1.54, 1.807) is 24.1 Å². The summed E-state index contributed by atoms with van der Waals surface area (Å²) in [5.74, 6) is 2.06. The maximum atomic E-state index is 12.3. The fraction of sp³-hybridized carbons (Fsp3) is 0.217. The number of hydrogen-bond acceptors (Lipinski definition) is 8. The molecule has 33 heavy (non-hydrogen) atoms. The molecule has 10 heteroatoms. The van der Waals surface area contributed by atoms with Crippen molar-refractivity contribution in [1.82, 2.24) is 25.5 Å². The zero-order chi connectivity index (χ0) is 22.9. The number of hydrogen-bond donors (Lipinski definition) is 1. The molecule has 2 heterocycles. The molecule has 1 amide bonds. The number of tetrazole rings is 1. The minimum Gasteiger partial charge on any atom is -0.493 e. The van der Waals surface area contributed by atoms with E-state index in [1.165, 1.54) is 11.8 Å². The third kappa shape index (κ3) is 6.36. The van der Waals surface area contributed by atoms with Crippen molar-refractivity contribution in [2.24, 2.45) is 0 Å². The molecular formula is C23H23N5O4S. The highest BCUT2D eigenvalue weighted by molar-refractivity contribution is 7.99. The van der Waals surface area contributed by atoms with Crippen molar-refractivity contribution in [3.63, 3.8) is 0 Å². The standard InChI is InChI=1S/C23H23N5O4S/c1-30-21-12-18(9-10-20(21)32-15-17-6-3-2-4-7-17)13-24-22(29)16-33-23-25-26-27-28(23)14-19-8-5-11-31-19/h2-12H,13-16H2,1H3,(H,24,29). The average molecular weight is 466 g/mol. The Morgan fingerprint density at radius 2 is 1.97 bits per heavy atom. The number of thioether (sulfide) groups is 1. The van der Waals surface area contributed by atoms with Crippen LogP contribution < -0.4 is 14.8 Å². The van der Waals surface area contributed by atoms with E-state index in [4.69, 9.17) is 13.9 Å². The monoisotopic (exact) mass is 465 g/mol. The number of benzene rings is 2. The molecule has 0 radical (unpaired) electrons. The van der Waals surface area contributed by atoms with Gasteiger partial charge in [-0.05, 0) is 45.8 Å². The van der Waals surface area contributed by atoms with E-state index in [0.29, 0.717) is 36.4 Å². The van der Waals surface area contributed by atoms with Crippen LogP contribution >= 0.6 is 11.8 Å². The molecule has 4 rings (SSSR count). The van der Waals surface area contributed by atoms with Crippen molar-refractivity contribution in [2.45, 2.75) is 24.9 Å². The molecule has 0 unspecified atom stereocenters. The molecule has 1 N–H and O–H groups in total. The summed E-state index contributed by atoms with van der Waals surface area (Å²) in [6.45, 7) is 1.22. The van der Waals surface area contributed by atoms with Crippen LogP contribution in [0.4, 0.5) is 0 Å². The zero-order valence-corrected chi connectivity index (χ0v) is 18.8. The topological polar surface area (TPSA) is 104 Å². The Morgan fingerprint density at radius 3 is 2.76 bits per heavy atom. The predicted molar refractivity (Wildman–Crippen MR) is 122 cm³/mol. The first kappa shape index (κ1) is 22.4. The van der Waals surface area contributed by atoms with E-state index in [2.05, 4.69) is 20.8 Å². The molecule has 0 bridgehead atoms. The number of furan rings is 1. The summed E-state index contributed by atoms with van der Waals surface area (Å²) >= 11 is 1.26. The number of methoxy groups -OCH3 is 1. The lowest BCUT2D eigenvalue weighted by Gasteiger charge is -2.13. The minimum atomic E-state index is -0.129. The number of aromatic nitrogens is 4. The van der Waals surface area contributed by atoms with Gasteiger partial charge < -0.3 is 19.2 Å². The predicted octanol–water partition coefficient (Wildman–Crippen LogP) is 3.31. The van der Waals surface area contributed by atoms with Crippen molar-refractivity contribution in [2.75, 3.05) is 12.9 Å². The van der Waals surface area contributed by atoms with Crippen LogP contribution in [0.1, 0.15) is 16.9 Å². The maximum absolute atomic E-state index is 12.3. The SMILES string of the molecule is COc1cc(CNC(=O)CSc2nnnn2Cc2ccco2)ccc1OCc1ccccc1. The van der Waals surface area contributed by atoms with Crippen LogP contribution in [0.5, 0.6) is 11.5 Å². The van der Waals surface area contributed by atoms with Gasteiger partial charge in [-0.1, -0.05) is 48.2 Å². The number of carbonyl (C=O) groups excluding carboxylic acids is 1. The summed E-state index contributed by atoms with van der Waals surface area (Å²) in [6.07, 6.45) is 1.59. The Balaban J connectivity index is 1.26. The number of nitrogens with zero attached hydrogens (tertiary/aromatic N) is 4. The summed E-state index contributed by atoms with van der Waals surface area (Å²) in [5, 5.41) is 15.0. The van der Waals surface area contributed by atoms with Crippen LogP contribution in [0.15, 0.2) is 76.5 Å². The lowest BCUT2D eigenvalue weighted by atomic mass is 10.2. The molecule has 9 nitrogen and oxygen atoms in total. The van der Waals surface area contributed by atoms with Gasteiger partial charge in [-0.3, -0.25) is 4.79 Å². The average Bonchev–Trinajstić information content (AvgIpc) is 3.53. The van der Waals surface area contributed by atoms with Crippen LogP contribution in [0, 0.1) is 0 Å². The fourth-order valence-corrected chi connectivity index (χ4v) is 3.71. The van der Waals surface area contributed by atoms with Gasteiger partial charge in [0.15, 0.2) is 11.5 Å². The molecule has 4 aromatic rings. The van der Waals surface area contributed by atoms with Gasteiger partial charge in [0, 0.05) is 6.54 Å². The molecule has 0 saturated heterocycles. The molecule has 0 aliphatic carbocycles. The molecule has 0 fully saturated rings. The lowest BCUT2D eigenvalue weighted by molar-refractivity contribution is -0.118. The highest BCUT2D eigenvalue weighted by atomic mass is 32.2. The Labute approximate surface area is 195 Å². The molecule has 0 aliphatic heterocycles.